The van der Waals surface area contributed by atoms with Crippen LogP contribution in [0.2, 0.25) is 5.02 Å². The van der Waals surface area contributed by atoms with Crippen LogP contribution < -0.4 is 10.1 Å². The van der Waals surface area contributed by atoms with Crippen LogP contribution in [0, 0.1) is 0 Å². The van der Waals surface area contributed by atoms with E-state index in [9.17, 15) is 4.79 Å². The molecule has 0 aliphatic rings. The van der Waals surface area contributed by atoms with E-state index in [1.807, 2.05) is 48.5 Å². The molecule has 1 amide bonds. The topological polar surface area (TPSA) is 38.3 Å². The van der Waals surface area contributed by atoms with E-state index in [0.717, 1.165) is 17.7 Å². The minimum absolute atomic E-state index is 0.162. The van der Waals surface area contributed by atoms with Gasteiger partial charge in [0, 0.05) is 21.8 Å². The van der Waals surface area contributed by atoms with Gasteiger partial charge in [-0.3, -0.25) is 4.79 Å². The number of carbonyl (C=O) groups is 1. The van der Waals surface area contributed by atoms with E-state index in [0.29, 0.717) is 22.9 Å². The Labute approximate surface area is 171 Å². The average molecular weight is 394 g/mol. The van der Waals surface area contributed by atoms with Gasteiger partial charge in [-0.15, -0.1) is 0 Å². The lowest BCUT2D eigenvalue weighted by molar-refractivity contribution is 0.102. The van der Waals surface area contributed by atoms with Gasteiger partial charge in [0.05, 0.1) is 0 Å². The second-order valence-corrected chi connectivity index (χ2v) is 7.07. The third-order valence-corrected chi connectivity index (χ3v) is 4.85. The van der Waals surface area contributed by atoms with E-state index < -0.39 is 0 Å². The van der Waals surface area contributed by atoms with Gasteiger partial charge in [0.15, 0.2) is 0 Å². The Morgan fingerprint density at radius 2 is 1.79 bits per heavy atom. The van der Waals surface area contributed by atoms with Gasteiger partial charge in [0.25, 0.3) is 5.91 Å². The molecule has 0 atom stereocenters. The van der Waals surface area contributed by atoms with Gasteiger partial charge >= 0.3 is 0 Å². The van der Waals surface area contributed by atoms with Crippen molar-refractivity contribution in [3.63, 3.8) is 0 Å². The summed E-state index contributed by atoms with van der Waals surface area (Å²) in [6.45, 7) is 2.53. The Balaban J connectivity index is 1.61. The summed E-state index contributed by atoms with van der Waals surface area (Å²) in [6, 6.07) is 22.7. The van der Waals surface area contributed by atoms with Gasteiger partial charge in [-0.05, 0) is 54.8 Å². The Kier molecular flexibility index (Phi) is 7.10. The zero-order valence-corrected chi connectivity index (χ0v) is 16.7. The van der Waals surface area contributed by atoms with E-state index in [1.54, 1.807) is 12.1 Å². The number of hydrogen-bond acceptors (Lipinski definition) is 2. The maximum Gasteiger partial charge on any atom is 0.255 e. The first kappa shape index (κ1) is 20.0. The maximum absolute atomic E-state index is 12.6. The van der Waals surface area contributed by atoms with Crippen LogP contribution in [0.1, 0.15) is 41.3 Å². The fourth-order valence-electron chi connectivity index (χ4n) is 2.84. The van der Waals surface area contributed by atoms with Crippen molar-refractivity contribution in [3.8, 4) is 5.75 Å². The molecule has 28 heavy (non-hydrogen) atoms. The number of nitrogens with one attached hydrogen (secondary N) is 1. The number of rotatable bonds is 8. The minimum atomic E-state index is -0.162. The molecule has 3 nitrogen and oxygen atoms in total. The van der Waals surface area contributed by atoms with Gasteiger partial charge in [-0.25, -0.2) is 0 Å². The summed E-state index contributed by atoms with van der Waals surface area (Å²) >= 11 is 6.16. The summed E-state index contributed by atoms with van der Waals surface area (Å²) in [5.74, 6) is 0.465. The van der Waals surface area contributed by atoms with Crippen molar-refractivity contribution in [2.45, 2.75) is 32.8 Å². The molecule has 1 N–H and O–H groups in total. The lowest BCUT2D eigenvalue weighted by Gasteiger charge is -2.10. The number of unbranched alkanes of at least 4 members (excludes halogenated alkanes) is 1. The molecule has 0 aromatic heterocycles. The molecule has 144 valence electrons. The molecule has 0 aliphatic heterocycles. The molecule has 3 aromatic rings. The summed E-state index contributed by atoms with van der Waals surface area (Å²) < 4.78 is 5.80. The molecule has 0 saturated heterocycles. The fourth-order valence-corrected chi connectivity index (χ4v) is 3.03. The number of amides is 1. The van der Waals surface area contributed by atoms with Gasteiger partial charge in [-0.1, -0.05) is 61.3 Å². The number of benzene rings is 3. The standard InChI is InChI=1S/C24H24ClNO2/c1-2-3-7-18-12-14-21(15-13-18)26-24(27)19-9-6-10-22(16-19)28-17-20-8-4-5-11-23(20)25/h4-6,8-16H,2-3,7,17H2,1H3,(H,26,27). The minimum Gasteiger partial charge on any atom is -0.489 e. The van der Waals surface area contributed by atoms with Crippen molar-refractivity contribution in [2.24, 2.45) is 0 Å². The highest BCUT2D eigenvalue weighted by atomic mass is 35.5. The zero-order valence-electron chi connectivity index (χ0n) is 16.0. The fraction of sp³-hybridized carbons (Fsp3) is 0.208. The van der Waals surface area contributed by atoms with Crippen LogP contribution in [-0.2, 0) is 13.0 Å². The van der Waals surface area contributed by atoms with E-state index in [2.05, 4.69) is 24.4 Å². The summed E-state index contributed by atoms with van der Waals surface area (Å²) in [5, 5.41) is 3.60. The molecule has 3 aromatic carbocycles. The number of aryl methyl sites for hydroxylation is 1. The number of carbonyl (C=O) groups excluding carboxylic acids is 1. The lowest BCUT2D eigenvalue weighted by atomic mass is 10.1. The van der Waals surface area contributed by atoms with Crippen LogP contribution in [0.25, 0.3) is 0 Å². The van der Waals surface area contributed by atoms with Gasteiger partial charge in [0.2, 0.25) is 0 Å². The molecule has 0 unspecified atom stereocenters. The summed E-state index contributed by atoms with van der Waals surface area (Å²) in [5.41, 5.74) is 3.52. The highest BCUT2D eigenvalue weighted by Crippen LogP contribution is 2.20. The summed E-state index contributed by atoms with van der Waals surface area (Å²) in [7, 11) is 0. The molecule has 0 bridgehead atoms. The zero-order chi connectivity index (χ0) is 19.8. The Morgan fingerprint density at radius 1 is 1.00 bits per heavy atom. The maximum atomic E-state index is 12.6. The van der Waals surface area contributed by atoms with Crippen LogP contribution in [-0.4, -0.2) is 5.91 Å². The van der Waals surface area contributed by atoms with E-state index in [4.69, 9.17) is 16.3 Å². The van der Waals surface area contributed by atoms with Crippen molar-refractivity contribution in [3.05, 3.63) is 94.5 Å². The predicted molar refractivity (Wildman–Crippen MR) is 115 cm³/mol. The van der Waals surface area contributed by atoms with Crippen molar-refractivity contribution >= 4 is 23.2 Å². The first-order valence-electron chi connectivity index (χ1n) is 9.52. The average Bonchev–Trinajstić information content (AvgIpc) is 2.73. The largest absolute Gasteiger partial charge is 0.489 e. The van der Waals surface area contributed by atoms with Crippen LogP contribution >= 0.6 is 11.6 Å². The quantitative estimate of drug-likeness (QED) is 0.473. The molecule has 0 heterocycles. The number of ether oxygens (including phenoxy) is 1. The lowest BCUT2D eigenvalue weighted by Crippen LogP contribution is -2.12. The van der Waals surface area contributed by atoms with Crippen molar-refractivity contribution in [1.29, 1.82) is 0 Å². The van der Waals surface area contributed by atoms with Crippen LogP contribution in [0.15, 0.2) is 72.8 Å². The normalized spacial score (nSPS) is 10.5. The van der Waals surface area contributed by atoms with Gasteiger partial charge in [-0.2, -0.15) is 0 Å². The van der Waals surface area contributed by atoms with Gasteiger partial charge < -0.3 is 10.1 Å². The Morgan fingerprint density at radius 3 is 2.54 bits per heavy atom. The molecule has 4 heteroatoms. The first-order valence-corrected chi connectivity index (χ1v) is 9.90. The Bertz CT molecular complexity index is 922. The van der Waals surface area contributed by atoms with Crippen molar-refractivity contribution in [2.75, 3.05) is 5.32 Å². The summed E-state index contributed by atoms with van der Waals surface area (Å²) in [4.78, 5) is 12.6. The van der Waals surface area contributed by atoms with E-state index >= 15 is 0 Å². The second-order valence-electron chi connectivity index (χ2n) is 6.66. The van der Waals surface area contributed by atoms with Crippen LogP contribution in [0.3, 0.4) is 0 Å². The highest BCUT2D eigenvalue weighted by Gasteiger charge is 2.08. The molecule has 0 radical (unpaired) electrons. The van der Waals surface area contributed by atoms with Crippen molar-refractivity contribution < 1.29 is 9.53 Å². The van der Waals surface area contributed by atoms with Crippen molar-refractivity contribution in [1.82, 2.24) is 0 Å². The van der Waals surface area contributed by atoms with Crippen LogP contribution in [0.4, 0.5) is 5.69 Å². The highest BCUT2D eigenvalue weighted by molar-refractivity contribution is 6.31. The molecular weight excluding hydrogens is 370 g/mol. The molecule has 0 aliphatic carbocycles. The van der Waals surface area contributed by atoms with Crippen LogP contribution in [0.5, 0.6) is 5.75 Å². The number of halogens is 1. The monoisotopic (exact) mass is 393 g/mol. The third kappa shape index (κ3) is 5.61. The smallest absolute Gasteiger partial charge is 0.255 e. The van der Waals surface area contributed by atoms with E-state index in [-0.39, 0.29) is 5.91 Å². The number of anilines is 1. The molecule has 0 spiro atoms. The first-order chi connectivity index (χ1) is 13.7. The van der Waals surface area contributed by atoms with E-state index in [1.165, 1.54) is 18.4 Å². The molecular formula is C24H24ClNO2. The Hall–Kier alpha value is -2.78. The molecule has 0 fully saturated rings. The third-order valence-electron chi connectivity index (χ3n) is 4.48. The molecule has 0 saturated carbocycles. The SMILES string of the molecule is CCCCc1ccc(NC(=O)c2cccc(OCc3ccccc3Cl)c2)cc1. The second kappa shape index (κ2) is 9.95. The predicted octanol–water partition coefficient (Wildman–Crippen LogP) is 6.51. The molecule has 3 rings (SSSR count). The van der Waals surface area contributed by atoms with Gasteiger partial charge in [0.1, 0.15) is 12.4 Å². The summed E-state index contributed by atoms with van der Waals surface area (Å²) in [6.07, 6.45) is 3.41. The number of hydrogen-bond donors (Lipinski definition) is 1.